The molecule has 27 heavy (non-hydrogen) atoms. The summed E-state index contributed by atoms with van der Waals surface area (Å²) in [5.41, 5.74) is 2.79. The van der Waals surface area contributed by atoms with Crippen molar-refractivity contribution >= 4 is 33.8 Å². The van der Waals surface area contributed by atoms with E-state index >= 15 is 0 Å². The van der Waals surface area contributed by atoms with Crippen molar-refractivity contribution in [1.82, 2.24) is 0 Å². The Kier molecular flexibility index (Phi) is 4.71. The van der Waals surface area contributed by atoms with Crippen LogP contribution in [-0.2, 0) is 17.6 Å². The van der Waals surface area contributed by atoms with Gasteiger partial charge in [0.05, 0.1) is 5.56 Å². The van der Waals surface area contributed by atoms with Crippen LogP contribution in [0.4, 0.5) is 10.7 Å². The molecule has 2 aromatic rings. The second-order valence-corrected chi connectivity index (χ2v) is 8.48. The number of hydrogen-bond acceptors (Lipinski definition) is 4. The summed E-state index contributed by atoms with van der Waals surface area (Å²) in [6.45, 7) is 2.06. The maximum absolute atomic E-state index is 12.7. The number of hydrogen-bond donors (Lipinski definition) is 2. The van der Waals surface area contributed by atoms with E-state index in [0.717, 1.165) is 37.7 Å². The van der Waals surface area contributed by atoms with Gasteiger partial charge in [0.15, 0.2) is 0 Å². The first-order valence-corrected chi connectivity index (χ1v) is 10.2. The fourth-order valence-electron chi connectivity index (χ4n) is 3.61. The molecule has 138 valence electrons. The summed E-state index contributed by atoms with van der Waals surface area (Å²) >= 11 is 1.51. The smallest absolute Gasteiger partial charge is 0.256 e. The molecule has 0 saturated heterocycles. The van der Waals surface area contributed by atoms with Gasteiger partial charge in [-0.1, -0.05) is 13.0 Å². The minimum Gasteiger partial charge on any atom is -0.326 e. The number of benzene rings is 1. The predicted molar refractivity (Wildman–Crippen MR) is 106 cm³/mol. The van der Waals surface area contributed by atoms with Gasteiger partial charge in [0, 0.05) is 22.0 Å². The van der Waals surface area contributed by atoms with Crippen molar-refractivity contribution in [2.24, 2.45) is 11.8 Å². The van der Waals surface area contributed by atoms with Crippen molar-refractivity contribution in [2.45, 2.75) is 39.0 Å². The quantitative estimate of drug-likeness (QED) is 0.829. The van der Waals surface area contributed by atoms with E-state index in [4.69, 9.17) is 0 Å². The zero-order valence-electron chi connectivity index (χ0n) is 15.2. The number of thiophene rings is 1. The molecule has 2 N–H and O–H groups in total. The van der Waals surface area contributed by atoms with Crippen molar-refractivity contribution in [3.05, 3.63) is 45.8 Å². The number of nitriles is 1. The number of carbonyl (C=O) groups excluding carboxylic acids is 2. The second kappa shape index (κ2) is 7.16. The van der Waals surface area contributed by atoms with Crippen molar-refractivity contribution in [3.8, 4) is 6.07 Å². The van der Waals surface area contributed by atoms with Crippen LogP contribution < -0.4 is 10.6 Å². The van der Waals surface area contributed by atoms with Crippen LogP contribution in [0.2, 0.25) is 0 Å². The molecular formula is C21H21N3O2S. The van der Waals surface area contributed by atoms with Crippen molar-refractivity contribution in [1.29, 1.82) is 5.26 Å². The molecule has 2 amide bonds. The molecule has 2 unspecified atom stereocenters. The largest absolute Gasteiger partial charge is 0.326 e. The number of rotatable bonds is 4. The fraction of sp³-hybridized carbons (Fsp3) is 0.381. The molecule has 2 aliphatic rings. The molecule has 1 fully saturated rings. The lowest BCUT2D eigenvalue weighted by Gasteiger charge is -2.09. The van der Waals surface area contributed by atoms with Crippen LogP contribution in [0.25, 0.3) is 0 Å². The molecule has 2 aliphatic carbocycles. The zero-order chi connectivity index (χ0) is 19.0. The number of carbonyl (C=O) groups is 2. The van der Waals surface area contributed by atoms with Crippen LogP contribution in [-0.4, -0.2) is 11.8 Å². The van der Waals surface area contributed by atoms with Crippen molar-refractivity contribution < 1.29 is 9.59 Å². The van der Waals surface area contributed by atoms with Crippen LogP contribution in [0.15, 0.2) is 24.3 Å². The molecule has 4 rings (SSSR count). The summed E-state index contributed by atoms with van der Waals surface area (Å²) in [4.78, 5) is 26.0. The Morgan fingerprint density at radius 3 is 2.74 bits per heavy atom. The van der Waals surface area contributed by atoms with E-state index in [2.05, 4.69) is 23.6 Å². The molecule has 6 heteroatoms. The molecule has 1 aromatic heterocycles. The van der Waals surface area contributed by atoms with Gasteiger partial charge in [-0.05, 0) is 61.8 Å². The summed E-state index contributed by atoms with van der Waals surface area (Å²) in [6, 6.07) is 9.19. The zero-order valence-corrected chi connectivity index (χ0v) is 16.0. The Morgan fingerprint density at radius 2 is 2.00 bits per heavy atom. The van der Waals surface area contributed by atoms with E-state index in [1.54, 1.807) is 24.3 Å². The van der Waals surface area contributed by atoms with Gasteiger partial charge >= 0.3 is 0 Å². The Hall–Kier alpha value is -2.65. The first-order chi connectivity index (χ1) is 13.1. The first-order valence-electron chi connectivity index (χ1n) is 9.33. The molecule has 0 bridgehead atoms. The summed E-state index contributed by atoms with van der Waals surface area (Å²) < 4.78 is 0. The highest BCUT2D eigenvalue weighted by molar-refractivity contribution is 7.16. The molecule has 1 saturated carbocycles. The molecular weight excluding hydrogens is 358 g/mol. The average Bonchev–Trinajstić information content (AvgIpc) is 3.30. The van der Waals surface area contributed by atoms with Gasteiger partial charge in [-0.15, -0.1) is 11.3 Å². The highest BCUT2D eigenvalue weighted by Gasteiger charge is 2.39. The van der Waals surface area contributed by atoms with Crippen LogP contribution >= 0.6 is 11.3 Å². The van der Waals surface area contributed by atoms with Crippen LogP contribution in [0.1, 0.15) is 52.5 Å². The normalized spacial score (nSPS) is 20.3. The van der Waals surface area contributed by atoms with Crippen LogP contribution in [0, 0.1) is 23.2 Å². The van der Waals surface area contributed by atoms with Gasteiger partial charge in [-0.25, -0.2) is 0 Å². The lowest BCUT2D eigenvalue weighted by atomic mass is 9.96. The van der Waals surface area contributed by atoms with Crippen molar-refractivity contribution in [3.63, 3.8) is 0 Å². The molecule has 0 radical (unpaired) electrons. The molecule has 0 aliphatic heterocycles. The number of aryl methyl sites for hydroxylation is 1. The first kappa shape index (κ1) is 17.7. The second-order valence-electron chi connectivity index (χ2n) is 7.37. The van der Waals surface area contributed by atoms with E-state index in [1.807, 2.05) is 0 Å². The standard InChI is InChI=1S/C21H21N3O2S/c1-12-9-16(12)20(26)23-14-6-4-5-13(10-14)19(25)24-21-17(11-22)15-7-2-3-8-18(15)27-21/h4-6,10,12,16H,2-3,7-9H2,1H3,(H,23,26)(H,24,25). The van der Waals surface area contributed by atoms with E-state index < -0.39 is 0 Å². The number of nitrogens with one attached hydrogen (secondary N) is 2. The SMILES string of the molecule is CC1CC1C(=O)Nc1cccc(C(=O)Nc2sc3c(c2C#N)CCCC3)c1. The summed E-state index contributed by atoms with van der Waals surface area (Å²) in [5, 5.41) is 16.0. The van der Waals surface area contributed by atoms with Gasteiger partial charge in [0.1, 0.15) is 11.1 Å². The number of fused-ring (bicyclic) bond motifs is 1. The number of anilines is 2. The minimum atomic E-state index is -0.263. The lowest BCUT2D eigenvalue weighted by Crippen LogP contribution is -2.16. The van der Waals surface area contributed by atoms with Crippen molar-refractivity contribution in [2.75, 3.05) is 10.6 Å². The Balaban J connectivity index is 1.50. The highest BCUT2D eigenvalue weighted by atomic mass is 32.1. The maximum Gasteiger partial charge on any atom is 0.256 e. The Morgan fingerprint density at radius 1 is 1.22 bits per heavy atom. The van der Waals surface area contributed by atoms with Gasteiger partial charge in [0.25, 0.3) is 5.91 Å². The van der Waals surface area contributed by atoms with Crippen LogP contribution in [0.3, 0.4) is 0 Å². The number of nitrogens with zero attached hydrogens (tertiary/aromatic N) is 1. The monoisotopic (exact) mass is 379 g/mol. The van der Waals surface area contributed by atoms with Gasteiger partial charge in [-0.3, -0.25) is 9.59 Å². The van der Waals surface area contributed by atoms with Gasteiger partial charge in [-0.2, -0.15) is 5.26 Å². The summed E-state index contributed by atoms with van der Waals surface area (Å²) in [5.74, 6) is 0.266. The third kappa shape index (κ3) is 3.60. The van der Waals surface area contributed by atoms with Gasteiger partial charge in [0.2, 0.25) is 5.91 Å². The summed E-state index contributed by atoms with van der Waals surface area (Å²) in [7, 11) is 0. The maximum atomic E-state index is 12.7. The van der Waals surface area contributed by atoms with E-state index in [-0.39, 0.29) is 17.7 Å². The molecule has 2 atom stereocenters. The fourth-order valence-corrected chi connectivity index (χ4v) is 4.84. The molecule has 5 nitrogen and oxygen atoms in total. The topological polar surface area (TPSA) is 82.0 Å². The minimum absolute atomic E-state index is 0.0118. The van der Waals surface area contributed by atoms with E-state index in [1.165, 1.54) is 16.2 Å². The Bertz CT molecular complexity index is 957. The summed E-state index contributed by atoms with van der Waals surface area (Å²) in [6.07, 6.45) is 5.03. The third-order valence-electron chi connectivity index (χ3n) is 5.35. The predicted octanol–water partition coefficient (Wildman–Crippen LogP) is 4.35. The lowest BCUT2D eigenvalue weighted by molar-refractivity contribution is -0.117. The third-order valence-corrected chi connectivity index (χ3v) is 6.56. The van der Waals surface area contributed by atoms with E-state index in [9.17, 15) is 14.9 Å². The average molecular weight is 379 g/mol. The number of amides is 2. The molecule has 0 spiro atoms. The van der Waals surface area contributed by atoms with Crippen LogP contribution in [0.5, 0.6) is 0 Å². The molecule has 1 heterocycles. The Labute approximate surface area is 162 Å². The highest BCUT2D eigenvalue weighted by Crippen LogP contribution is 2.39. The van der Waals surface area contributed by atoms with Gasteiger partial charge < -0.3 is 10.6 Å². The molecule has 1 aromatic carbocycles. The van der Waals surface area contributed by atoms with E-state index in [0.29, 0.717) is 27.7 Å².